The Kier molecular flexibility index (Phi) is 5.03. The van der Waals surface area contributed by atoms with E-state index >= 15 is 0 Å². The second kappa shape index (κ2) is 6.78. The standard InChI is InChI=1S/C14H19ClN4O2/c1-19-8-11(4-5-13(19)20)17-7-10-3-2-9(6-12(10)15)14(16)18-21/h2-3,6,11,17,21H,4-5,7-8H2,1H3,(H2,16,18). The number of likely N-dealkylation sites (N-methyl/N-ethyl adjacent to an activating group) is 1. The number of benzene rings is 1. The highest BCUT2D eigenvalue weighted by molar-refractivity contribution is 6.31. The quantitative estimate of drug-likeness (QED) is 0.337. The molecule has 0 aliphatic carbocycles. The van der Waals surface area contributed by atoms with Crippen LogP contribution in [-0.4, -0.2) is 41.5 Å². The minimum absolute atomic E-state index is 0.0313. The number of oxime groups is 1. The molecule has 1 amide bonds. The number of carbonyl (C=O) groups is 1. The molecule has 1 unspecified atom stereocenters. The summed E-state index contributed by atoms with van der Waals surface area (Å²) in [6.45, 7) is 1.32. The van der Waals surface area contributed by atoms with Crippen LogP contribution in [0.2, 0.25) is 5.02 Å². The number of hydrogen-bond acceptors (Lipinski definition) is 4. The Morgan fingerprint density at radius 2 is 2.38 bits per heavy atom. The summed E-state index contributed by atoms with van der Waals surface area (Å²) in [4.78, 5) is 13.2. The van der Waals surface area contributed by atoms with Gasteiger partial charge in [0.15, 0.2) is 5.84 Å². The fraction of sp³-hybridized carbons (Fsp3) is 0.429. The monoisotopic (exact) mass is 310 g/mol. The Bertz CT molecular complexity index is 562. The number of amidine groups is 1. The number of nitrogens with two attached hydrogens (primary N) is 1. The third kappa shape index (κ3) is 3.86. The smallest absolute Gasteiger partial charge is 0.222 e. The maximum atomic E-state index is 11.4. The number of amides is 1. The van der Waals surface area contributed by atoms with Crippen molar-refractivity contribution in [2.24, 2.45) is 10.9 Å². The molecule has 0 radical (unpaired) electrons. The number of nitrogens with zero attached hydrogens (tertiary/aromatic N) is 2. The normalized spacial score (nSPS) is 19.9. The van der Waals surface area contributed by atoms with Crippen LogP contribution in [0.3, 0.4) is 0 Å². The van der Waals surface area contributed by atoms with Gasteiger partial charge in [-0.25, -0.2) is 0 Å². The number of carbonyl (C=O) groups excluding carboxylic acids is 1. The largest absolute Gasteiger partial charge is 0.409 e. The Morgan fingerprint density at radius 1 is 1.62 bits per heavy atom. The minimum atomic E-state index is 0.0313. The van der Waals surface area contributed by atoms with E-state index in [0.29, 0.717) is 30.1 Å². The molecule has 6 nitrogen and oxygen atoms in total. The summed E-state index contributed by atoms with van der Waals surface area (Å²) in [5.41, 5.74) is 7.03. The number of likely N-dealkylation sites (tertiary alicyclic amines) is 1. The summed E-state index contributed by atoms with van der Waals surface area (Å²) < 4.78 is 0. The van der Waals surface area contributed by atoms with E-state index in [9.17, 15) is 4.79 Å². The summed E-state index contributed by atoms with van der Waals surface area (Å²) in [6.07, 6.45) is 1.41. The van der Waals surface area contributed by atoms with Crippen molar-refractivity contribution in [3.05, 3.63) is 34.3 Å². The lowest BCUT2D eigenvalue weighted by molar-refractivity contribution is -0.132. The van der Waals surface area contributed by atoms with Gasteiger partial charge in [-0.3, -0.25) is 4.79 Å². The molecule has 21 heavy (non-hydrogen) atoms. The van der Waals surface area contributed by atoms with Crippen LogP contribution in [0.1, 0.15) is 24.0 Å². The molecular formula is C14H19ClN4O2. The molecule has 0 aromatic heterocycles. The first-order valence-corrected chi connectivity index (χ1v) is 7.12. The van der Waals surface area contributed by atoms with Crippen LogP contribution in [0, 0.1) is 0 Å². The molecule has 0 bridgehead atoms. The van der Waals surface area contributed by atoms with Gasteiger partial charge in [0.2, 0.25) is 5.91 Å². The predicted molar refractivity (Wildman–Crippen MR) is 81.5 cm³/mol. The van der Waals surface area contributed by atoms with Crippen molar-refractivity contribution in [3.63, 3.8) is 0 Å². The fourth-order valence-electron chi connectivity index (χ4n) is 2.34. The van der Waals surface area contributed by atoms with Gasteiger partial charge in [0.1, 0.15) is 0 Å². The third-order valence-corrected chi connectivity index (χ3v) is 4.02. The average molecular weight is 311 g/mol. The van der Waals surface area contributed by atoms with E-state index in [-0.39, 0.29) is 17.8 Å². The molecule has 1 heterocycles. The lowest BCUT2D eigenvalue weighted by atomic mass is 10.0. The van der Waals surface area contributed by atoms with Crippen molar-refractivity contribution in [1.82, 2.24) is 10.2 Å². The molecule has 0 saturated carbocycles. The first kappa shape index (κ1) is 15.6. The number of piperidine rings is 1. The van der Waals surface area contributed by atoms with E-state index in [2.05, 4.69) is 10.5 Å². The Hall–Kier alpha value is -1.79. The van der Waals surface area contributed by atoms with Crippen molar-refractivity contribution >= 4 is 23.3 Å². The summed E-state index contributed by atoms with van der Waals surface area (Å²) in [7, 11) is 1.81. The summed E-state index contributed by atoms with van der Waals surface area (Å²) in [5.74, 6) is 0.220. The van der Waals surface area contributed by atoms with Crippen LogP contribution in [0.15, 0.2) is 23.4 Å². The lowest BCUT2D eigenvalue weighted by Crippen LogP contribution is -2.46. The van der Waals surface area contributed by atoms with Gasteiger partial charge >= 0.3 is 0 Å². The molecule has 2 rings (SSSR count). The van der Waals surface area contributed by atoms with E-state index in [1.807, 2.05) is 13.1 Å². The van der Waals surface area contributed by atoms with Gasteiger partial charge in [0, 0.05) is 43.2 Å². The maximum Gasteiger partial charge on any atom is 0.222 e. The van der Waals surface area contributed by atoms with Gasteiger partial charge in [-0.05, 0) is 18.1 Å². The Morgan fingerprint density at radius 3 is 3.00 bits per heavy atom. The van der Waals surface area contributed by atoms with E-state index < -0.39 is 0 Å². The zero-order valence-corrected chi connectivity index (χ0v) is 12.6. The first-order chi connectivity index (χ1) is 10.0. The molecule has 0 spiro atoms. The Balaban J connectivity index is 1.96. The van der Waals surface area contributed by atoms with Crippen molar-refractivity contribution < 1.29 is 10.0 Å². The molecule has 1 atom stereocenters. The van der Waals surface area contributed by atoms with Gasteiger partial charge < -0.3 is 21.2 Å². The van der Waals surface area contributed by atoms with Crippen molar-refractivity contribution in [1.29, 1.82) is 0 Å². The number of rotatable bonds is 4. The lowest BCUT2D eigenvalue weighted by Gasteiger charge is -2.30. The van der Waals surface area contributed by atoms with E-state index in [1.165, 1.54) is 0 Å². The average Bonchev–Trinajstić information content (AvgIpc) is 2.48. The van der Waals surface area contributed by atoms with Gasteiger partial charge in [0.05, 0.1) is 0 Å². The second-order valence-corrected chi connectivity index (χ2v) is 5.59. The SMILES string of the molecule is CN1CC(NCc2ccc(/C(N)=N/O)cc2Cl)CCC1=O. The topological polar surface area (TPSA) is 90.9 Å². The van der Waals surface area contributed by atoms with Crippen molar-refractivity contribution in [3.8, 4) is 0 Å². The van der Waals surface area contributed by atoms with Crippen LogP contribution in [0.25, 0.3) is 0 Å². The zero-order valence-electron chi connectivity index (χ0n) is 11.8. The van der Waals surface area contributed by atoms with Crippen LogP contribution in [0.5, 0.6) is 0 Å². The molecular weight excluding hydrogens is 292 g/mol. The third-order valence-electron chi connectivity index (χ3n) is 3.66. The summed E-state index contributed by atoms with van der Waals surface area (Å²) in [6, 6.07) is 5.55. The molecule has 1 aliphatic rings. The van der Waals surface area contributed by atoms with Crippen LogP contribution in [-0.2, 0) is 11.3 Å². The first-order valence-electron chi connectivity index (χ1n) is 6.75. The van der Waals surface area contributed by atoms with Crippen LogP contribution < -0.4 is 11.1 Å². The van der Waals surface area contributed by atoms with Gasteiger partial charge in [0.25, 0.3) is 0 Å². The summed E-state index contributed by atoms with van der Waals surface area (Å²) >= 11 is 6.20. The van der Waals surface area contributed by atoms with Crippen LogP contribution in [0.4, 0.5) is 0 Å². The van der Waals surface area contributed by atoms with Crippen molar-refractivity contribution in [2.45, 2.75) is 25.4 Å². The number of nitrogens with one attached hydrogen (secondary N) is 1. The molecule has 1 aliphatic heterocycles. The van der Waals surface area contributed by atoms with E-state index in [1.54, 1.807) is 17.0 Å². The molecule has 1 aromatic rings. The fourth-order valence-corrected chi connectivity index (χ4v) is 2.59. The van der Waals surface area contributed by atoms with E-state index in [4.69, 9.17) is 22.5 Å². The molecule has 1 saturated heterocycles. The molecule has 4 N–H and O–H groups in total. The van der Waals surface area contributed by atoms with Gasteiger partial charge in [-0.2, -0.15) is 0 Å². The highest BCUT2D eigenvalue weighted by Crippen LogP contribution is 2.19. The van der Waals surface area contributed by atoms with Gasteiger partial charge in [-0.15, -0.1) is 0 Å². The molecule has 114 valence electrons. The predicted octanol–water partition coefficient (Wildman–Crippen LogP) is 1.14. The molecule has 1 aromatic carbocycles. The maximum absolute atomic E-state index is 11.4. The second-order valence-electron chi connectivity index (χ2n) is 5.18. The minimum Gasteiger partial charge on any atom is -0.409 e. The highest BCUT2D eigenvalue weighted by Gasteiger charge is 2.22. The summed E-state index contributed by atoms with van der Waals surface area (Å²) in [5, 5.41) is 15.6. The van der Waals surface area contributed by atoms with Crippen LogP contribution >= 0.6 is 11.6 Å². The van der Waals surface area contributed by atoms with Crippen molar-refractivity contribution in [2.75, 3.05) is 13.6 Å². The van der Waals surface area contributed by atoms with E-state index in [0.717, 1.165) is 12.0 Å². The zero-order chi connectivity index (χ0) is 15.4. The molecule has 7 heteroatoms. The number of hydrogen-bond donors (Lipinski definition) is 3. The van der Waals surface area contributed by atoms with Gasteiger partial charge in [-0.1, -0.05) is 28.9 Å². The highest BCUT2D eigenvalue weighted by atomic mass is 35.5. The number of halogens is 1. The Labute approximate surface area is 128 Å². The molecule has 1 fully saturated rings.